The molecule has 0 saturated heterocycles. The largest absolute Gasteiger partial charge is 0.291 e. The van der Waals surface area contributed by atoms with Crippen molar-refractivity contribution in [3.63, 3.8) is 0 Å². The van der Waals surface area contributed by atoms with Gasteiger partial charge in [-0.05, 0) is 19.1 Å². The zero-order chi connectivity index (χ0) is 11.6. The average Bonchev–Trinajstić information content (AvgIpc) is 2.11. The van der Waals surface area contributed by atoms with Gasteiger partial charge < -0.3 is 0 Å². The second kappa shape index (κ2) is 4.56. The van der Waals surface area contributed by atoms with Gasteiger partial charge in [-0.15, -0.1) is 0 Å². The summed E-state index contributed by atoms with van der Waals surface area (Å²) in [6.07, 6.45) is 1.89. The molecule has 0 spiro atoms. The van der Waals surface area contributed by atoms with E-state index < -0.39 is 0 Å². The molecule has 1 aromatic rings. The summed E-state index contributed by atoms with van der Waals surface area (Å²) in [6.45, 7) is 6.62. The minimum atomic E-state index is 0.604. The first-order valence-electron chi connectivity index (χ1n) is 4.79. The van der Waals surface area contributed by atoms with E-state index in [4.69, 9.17) is 23.2 Å². The minimum absolute atomic E-state index is 0.604. The third-order valence-corrected chi connectivity index (χ3v) is 3.26. The van der Waals surface area contributed by atoms with Gasteiger partial charge in [0.15, 0.2) is 5.69 Å². The Kier molecular flexibility index (Phi) is 3.82. The Balaban J connectivity index is 3.35. The van der Waals surface area contributed by atoms with E-state index in [1.807, 2.05) is 25.1 Å². The second-order valence-electron chi connectivity index (χ2n) is 4.18. The normalized spacial score (nSPS) is 11.5. The van der Waals surface area contributed by atoms with Crippen molar-refractivity contribution in [3.05, 3.63) is 40.4 Å². The van der Waals surface area contributed by atoms with Crippen molar-refractivity contribution in [1.82, 2.24) is 4.48 Å². The first kappa shape index (κ1) is 12.6. The number of benzene rings is 1. The highest BCUT2D eigenvalue weighted by molar-refractivity contribution is 6.43. The number of nitrogens with zero attached hydrogens (tertiary/aromatic N) is 1. The number of aryl methyl sites for hydroxylation is 1. The van der Waals surface area contributed by atoms with Crippen molar-refractivity contribution in [1.29, 1.82) is 0 Å². The Morgan fingerprint density at radius 3 is 2.47 bits per heavy atom. The Morgan fingerprint density at radius 2 is 1.93 bits per heavy atom. The predicted molar refractivity (Wildman–Crippen MR) is 69.9 cm³/mol. The summed E-state index contributed by atoms with van der Waals surface area (Å²) < 4.78 is 0.661. The van der Waals surface area contributed by atoms with Crippen LogP contribution in [0.25, 0.3) is 0 Å². The molecule has 0 radical (unpaired) electrons. The van der Waals surface area contributed by atoms with E-state index in [0.717, 1.165) is 17.8 Å². The molecular formula is C12H16Cl2N+. The molecule has 0 N–H and O–H groups in total. The van der Waals surface area contributed by atoms with Crippen molar-refractivity contribution >= 4 is 28.9 Å². The van der Waals surface area contributed by atoms with Gasteiger partial charge in [0.2, 0.25) is 0 Å². The lowest BCUT2D eigenvalue weighted by Gasteiger charge is -2.30. The number of rotatable bonds is 3. The molecule has 82 valence electrons. The van der Waals surface area contributed by atoms with Crippen LogP contribution < -0.4 is 4.48 Å². The zero-order valence-electron chi connectivity index (χ0n) is 9.35. The van der Waals surface area contributed by atoms with Crippen molar-refractivity contribution in [3.8, 4) is 0 Å². The standard InChI is InChI=1S/C12H16Cl2N/c1-5-8-15(3,4)12-9(2)6-7-10(13)11(12)14/h5-7H,1,8H2,2-4H3/q+1. The quantitative estimate of drug-likeness (QED) is 0.556. The van der Waals surface area contributed by atoms with Crippen molar-refractivity contribution in [2.45, 2.75) is 6.92 Å². The molecule has 0 unspecified atom stereocenters. The number of hydrogen-bond acceptors (Lipinski definition) is 0. The summed E-state index contributed by atoms with van der Waals surface area (Å²) in [5, 5.41) is 1.25. The van der Waals surface area contributed by atoms with Gasteiger partial charge in [0.1, 0.15) is 11.6 Å². The molecule has 0 aromatic heterocycles. The van der Waals surface area contributed by atoms with Crippen LogP contribution in [-0.2, 0) is 0 Å². The topological polar surface area (TPSA) is 0 Å². The molecule has 0 aliphatic rings. The highest BCUT2D eigenvalue weighted by Gasteiger charge is 2.24. The number of quaternary nitrogens is 1. The fourth-order valence-electron chi connectivity index (χ4n) is 1.79. The lowest BCUT2D eigenvalue weighted by Crippen LogP contribution is -2.41. The molecular weight excluding hydrogens is 229 g/mol. The maximum atomic E-state index is 6.24. The monoisotopic (exact) mass is 244 g/mol. The molecule has 0 amide bonds. The van der Waals surface area contributed by atoms with Crippen LogP contribution in [0.15, 0.2) is 24.8 Å². The van der Waals surface area contributed by atoms with E-state index in [0.29, 0.717) is 14.5 Å². The van der Waals surface area contributed by atoms with Gasteiger partial charge in [-0.2, -0.15) is 0 Å². The van der Waals surface area contributed by atoms with E-state index in [1.165, 1.54) is 0 Å². The fraction of sp³-hybridized carbons (Fsp3) is 0.333. The van der Waals surface area contributed by atoms with E-state index in [9.17, 15) is 0 Å². The molecule has 0 atom stereocenters. The Labute approximate surface area is 102 Å². The molecule has 1 aromatic carbocycles. The minimum Gasteiger partial charge on any atom is -0.291 e. The summed E-state index contributed by atoms with van der Waals surface area (Å²) in [5.41, 5.74) is 2.21. The fourth-order valence-corrected chi connectivity index (χ4v) is 2.39. The van der Waals surface area contributed by atoms with Gasteiger partial charge in [0.05, 0.1) is 19.1 Å². The molecule has 0 fully saturated rings. The smallest absolute Gasteiger partial charge is 0.155 e. The van der Waals surface area contributed by atoms with Crippen molar-refractivity contribution in [2.75, 3.05) is 20.6 Å². The maximum absolute atomic E-state index is 6.24. The third kappa shape index (κ3) is 2.54. The molecule has 1 rings (SSSR count). The van der Waals surface area contributed by atoms with Crippen LogP contribution in [0.2, 0.25) is 10.0 Å². The number of hydrogen-bond donors (Lipinski definition) is 0. The summed E-state index contributed by atoms with van der Waals surface area (Å²) in [7, 11) is 4.18. The average molecular weight is 245 g/mol. The zero-order valence-corrected chi connectivity index (χ0v) is 10.9. The van der Waals surface area contributed by atoms with Crippen LogP contribution in [-0.4, -0.2) is 20.6 Å². The highest BCUT2D eigenvalue weighted by Crippen LogP contribution is 2.37. The van der Waals surface area contributed by atoms with Gasteiger partial charge in [-0.25, -0.2) is 0 Å². The SMILES string of the molecule is C=CC[N+](C)(C)c1c(C)ccc(Cl)c1Cl. The molecule has 3 heteroatoms. The second-order valence-corrected chi connectivity index (χ2v) is 4.97. The molecule has 1 nitrogen and oxygen atoms in total. The highest BCUT2D eigenvalue weighted by atomic mass is 35.5. The molecule has 0 saturated carbocycles. The first-order chi connectivity index (χ1) is 6.90. The third-order valence-electron chi connectivity index (χ3n) is 2.46. The van der Waals surface area contributed by atoms with Gasteiger partial charge in [-0.1, -0.05) is 35.8 Å². The van der Waals surface area contributed by atoms with Gasteiger partial charge in [0, 0.05) is 5.56 Å². The molecule has 0 aliphatic heterocycles. The number of likely N-dealkylation sites (N-methyl/N-ethyl adjacent to an activating group) is 1. The molecule has 0 aliphatic carbocycles. The molecule has 0 bridgehead atoms. The Hall–Kier alpha value is -0.500. The first-order valence-corrected chi connectivity index (χ1v) is 5.55. The van der Waals surface area contributed by atoms with Crippen LogP contribution in [0.1, 0.15) is 5.56 Å². The van der Waals surface area contributed by atoms with E-state index in [-0.39, 0.29) is 0 Å². The molecule has 15 heavy (non-hydrogen) atoms. The van der Waals surface area contributed by atoms with Crippen LogP contribution in [0.3, 0.4) is 0 Å². The summed E-state index contributed by atoms with van der Waals surface area (Å²) in [4.78, 5) is 0. The van der Waals surface area contributed by atoms with Crippen molar-refractivity contribution < 1.29 is 0 Å². The van der Waals surface area contributed by atoms with E-state index in [2.05, 4.69) is 20.7 Å². The predicted octanol–water partition coefficient (Wildman–Crippen LogP) is 4.05. The molecule has 0 heterocycles. The van der Waals surface area contributed by atoms with Crippen LogP contribution in [0, 0.1) is 6.92 Å². The van der Waals surface area contributed by atoms with E-state index >= 15 is 0 Å². The van der Waals surface area contributed by atoms with Crippen molar-refractivity contribution in [2.24, 2.45) is 0 Å². The lowest BCUT2D eigenvalue weighted by molar-refractivity contribution is 0.440. The van der Waals surface area contributed by atoms with Gasteiger partial charge in [-0.3, -0.25) is 4.48 Å². The summed E-state index contributed by atoms with van der Waals surface area (Å²) in [5.74, 6) is 0. The Bertz CT molecular complexity index is 383. The Morgan fingerprint density at radius 1 is 1.33 bits per heavy atom. The summed E-state index contributed by atoms with van der Waals surface area (Å²) in [6, 6.07) is 3.82. The van der Waals surface area contributed by atoms with E-state index in [1.54, 1.807) is 0 Å². The van der Waals surface area contributed by atoms with Crippen LogP contribution in [0.5, 0.6) is 0 Å². The van der Waals surface area contributed by atoms with Crippen LogP contribution >= 0.6 is 23.2 Å². The van der Waals surface area contributed by atoms with Gasteiger partial charge in [0.25, 0.3) is 0 Å². The maximum Gasteiger partial charge on any atom is 0.155 e. The summed E-state index contributed by atoms with van der Waals surface area (Å²) >= 11 is 12.3. The lowest BCUT2D eigenvalue weighted by atomic mass is 10.1. The van der Waals surface area contributed by atoms with Gasteiger partial charge >= 0.3 is 0 Å². The van der Waals surface area contributed by atoms with Crippen LogP contribution in [0.4, 0.5) is 5.69 Å². The number of halogens is 2.